The van der Waals surface area contributed by atoms with Crippen LogP contribution in [0.25, 0.3) is 0 Å². The first-order valence-electron chi connectivity index (χ1n) is 1.98. The standard InChI is InChI=1S/C2H4O2.H2IP.S6/c1-2(3)4;1-2;1-3-5-6-4-2/h1H3,(H,3,4);2H2;. The van der Waals surface area contributed by atoms with E-state index in [1.807, 2.05) is 0 Å². The summed E-state index contributed by atoms with van der Waals surface area (Å²) >= 11 is 11.1. The molecular formula is C2H6IO2PS6. The Morgan fingerprint density at radius 2 is 1.50 bits per heavy atom. The zero-order valence-corrected chi connectivity index (χ0v) is 14.0. The highest BCUT2D eigenvalue weighted by Crippen LogP contribution is 1.87. The topological polar surface area (TPSA) is 37.3 Å². The lowest BCUT2D eigenvalue weighted by atomic mass is 10.9. The van der Waals surface area contributed by atoms with Crippen LogP contribution in [0.5, 0.6) is 0 Å². The molecule has 12 heavy (non-hydrogen) atoms. The Balaban J connectivity index is -0.000000118. The predicted molar refractivity (Wildman–Crippen MR) is 81.2 cm³/mol. The third-order valence-electron chi connectivity index (χ3n) is 0.0833. The molecule has 1 atom stereocenters. The molecule has 0 bridgehead atoms. The van der Waals surface area contributed by atoms with Gasteiger partial charge in [-0.25, -0.2) is 0 Å². The lowest BCUT2D eigenvalue weighted by Crippen LogP contribution is -1.78. The van der Waals surface area contributed by atoms with E-state index in [0.29, 0.717) is 0 Å². The van der Waals surface area contributed by atoms with Crippen LogP contribution in [0, 0.1) is 0 Å². The van der Waals surface area contributed by atoms with Crippen LogP contribution >= 0.6 is 28.9 Å². The third kappa shape index (κ3) is 58.5. The van der Waals surface area contributed by atoms with Gasteiger partial charge in [0.15, 0.2) is 0 Å². The molecule has 0 heterocycles. The maximum Gasteiger partial charge on any atom is 0.300 e. The molecule has 0 spiro atoms. The lowest BCUT2D eigenvalue weighted by molar-refractivity contribution is -0.134. The summed E-state index contributed by atoms with van der Waals surface area (Å²) in [5.74, 6) is -0.833. The van der Waals surface area contributed by atoms with Crippen molar-refractivity contribution in [2.75, 3.05) is 0 Å². The second-order valence-electron chi connectivity index (χ2n) is 0.791. The van der Waals surface area contributed by atoms with Crippen molar-refractivity contribution in [3.8, 4) is 0 Å². The van der Waals surface area contributed by atoms with Gasteiger partial charge in [-0.3, -0.25) is 4.79 Å². The highest BCUT2D eigenvalue weighted by molar-refractivity contribution is 14.2. The Kier molecular flexibility index (Phi) is 37.5. The van der Waals surface area contributed by atoms with Crippen LogP contribution < -0.4 is 0 Å². The molecule has 0 aromatic heterocycles. The van der Waals surface area contributed by atoms with Crippen LogP contribution in [0.15, 0.2) is 0 Å². The fourth-order valence-corrected chi connectivity index (χ4v) is 5.51. The van der Waals surface area contributed by atoms with Crippen LogP contribution in [0.1, 0.15) is 6.92 Å². The van der Waals surface area contributed by atoms with Gasteiger partial charge < -0.3 is 5.11 Å². The van der Waals surface area contributed by atoms with E-state index in [-0.39, 0.29) is 0 Å². The quantitative estimate of drug-likeness (QED) is 0.481. The molecule has 0 aromatic carbocycles. The Hall–Kier alpha value is 1.95. The smallest absolute Gasteiger partial charge is 0.300 e. The van der Waals surface area contributed by atoms with Gasteiger partial charge in [0.2, 0.25) is 0 Å². The van der Waals surface area contributed by atoms with E-state index in [4.69, 9.17) is 9.90 Å². The van der Waals surface area contributed by atoms with Gasteiger partial charge >= 0.3 is 0 Å². The van der Waals surface area contributed by atoms with Crippen molar-refractivity contribution < 1.29 is 9.90 Å². The van der Waals surface area contributed by atoms with E-state index >= 15 is 0 Å². The summed E-state index contributed by atoms with van der Waals surface area (Å²) in [5, 5.41) is 7.42. The fraction of sp³-hybridized carbons (Fsp3) is 0.500. The van der Waals surface area contributed by atoms with Crippen LogP contribution in [-0.2, 0) is 62.7 Å². The molecule has 0 saturated carbocycles. The van der Waals surface area contributed by atoms with Crippen LogP contribution in [0.2, 0.25) is 0 Å². The minimum atomic E-state index is -0.833. The number of hydrogen-bond donors (Lipinski definition) is 1. The average Bonchev–Trinajstić information content (AvgIpc) is 2.04. The lowest BCUT2D eigenvalue weighted by Gasteiger charge is -1.59. The molecule has 0 aromatic rings. The normalized spacial score (nSPS) is 5.58. The van der Waals surface area contributed by atoms with E-state index in [0.717, 1.165) is 6.92 Å². The molecule has 0 aliphatic carbocycles. The van der Waals surface area contributed by atoms with Gasteiger partial charge in [-0.1, -0.05) is 28.9 Å². The molecule has 2 nitrogen and oxygen atoms in total. The molecule has 0 rings (SSSR count). The molecule has 0 fully saturated rings. The Bertz CT molecular complexity index is 220. The van der Waals surface area contributed by atoms with E-state index in [2.05, 4.69) is 51.3 Å². The van der Waals surface area contributed by atoms with Crippen molar-refractivity contribution in [1.82, 2.24) is 0 Å². The van der Waals surface area contributed by atoms with Crippen molar-refractivity contribution in [2.24, 2.45) is 0 Å². The van der Waals surface area contributed by atoms with Crippen LogP contribution in [-0.4, -0.2) is 11.1 Å². The van der Waals surface area contributed by atoms with E-state index in [9.17, 15) is 0 Å². The Morgan fingerprint density at radius 1 is 1.33 bits per heavy atom. The minimum absolute atomic E-state index is 0.833. The van der Waals surface area contributed by atoms with Gasteiger partial charge in [-0.2, -0.15) is 0 Å². The largest absolute Gasteiger partial charge is 0.481 e. The molecule has 10 heteroatoms. The van der Waals surface area contributed by atoms with Crippen molar-refractivity contribution >= 4 is 92.8 Å². The first kappa shape index (κ1) is 19.5. The number of carboxylic acids is 1. The molecule has 74 valence electrons. The van der Waals surface area contributed by atoms with Gasteiger partial charge in [-0.15, -0.1) is 0 Å². The van der Waals surface area contributed by atoms with Crippen molar-refractivity contribution in [3.63, 3.8) is 0 Å². The molecular weight excluding hydrogens is 406 g/mol. The molecule has 0 amide bonds. The maximum absolute atomic E-state index is 9.00. The number of carbonyl (C=O) groups is 1. The number of rotatable bonds is 0. The summed E-state index contributed by atoms with van der Waals surface area (Å²) in [6, 6.07) is 0. The summed E-state index contributed by atoms with van der Waals surface area (Å²) < 4.78 is 0. The van der Waals surface area contributed by atoms with Gasteiger partial charge in [0.25, 0.3) is 5.97 Å². The number of halogens is 1. The van der Waals surface area contributed by atoms with Gasteiger partial charge in [0.1, 0.15) is 0 Å². The zero-order valence-electron chi connectivity index (χ0n) is 5.76. The fourth-order valence-electron chi connectivity index (χ4n) is 0.0227. The SMILES string of the molecule is CC(=O)O.PI.S=S=S=S=S=S. The molecule has 0 aliphatic heterocycles. The average molecular weight is 412 g/mol. The molecule has 0 aliphatic rings. The summed E-state index contributed by atoms with van der Waals surface area (Å²) in [6.45, 7) is 3.47. The monoisotopic (exact) mass is 412 g/mol. The van der Waals surface area contributed by atoms with Crippen LogP contribution in [0.4, 0.5) is 0 Å². The molecule has 0 radical (unpaired) electrons. The zero-order chi connectivity index (χ0) is 10.4. The molecule has 0 saturated heterocycles. The van der Waals surface area contributed by atoms with Gasteiger partial charge in [-0.05, 0) is 0 Å². The number of carboxylic acid groups (broad SMARTS) is 1. The van der Waals surface area contributed by atoms with Crippen LogP contribution in [0.3, 0.4) is 0 Å². The summed E-state index contributed by atoms with van der Waals surface area (Å²) in [4.78, 5) is 9.00. The van der Waals surface area contributed by atoms with Crippen molar-refractivity contribution in [2.45, 2.75) is 6.92 Å². The molecule has 1 unspecified atom stereocenters. The highest BCUT2D eigenvalue weighted by atomic mass is 127. The van der Waals surface area contributed by atoms with E-state index in [1.165, 1.54) is 35.5 Å². The summed E-state index contributed by atoms with van der Waals surface area (Å²) in [5.41, 5.74) is 0. The van der Waals surface area contributed by atoms with Gasteiger partial charge in [0.05, 0.1) is 0 Å². The van der Waals surface area contributed by atoms with Crippen molar-refractivity contribution in [3.05, 3.63) is 0 Å². The summed E-state index contributed by atoms with van der Waals surface area (Å²) in [6.07, 6.45) is 0. The second-order valence-corrected chi connectivity index (χ2v) is 7.87. The Morgan fingerprint density at radius 3 is 1.58 bits per heavy atom. The first-order valence-corrected chi connectivity index (χ1v) is 12.8. The number of hydrogen-bond acceptors (Lipinski definition) is 3. The highest BCUT2D eigenvalue weighted by Gasteiger charge is 1.65. The maximum atomic E-state index is 9.00. The number of aliphatic carboxylic acids is 1. The molecule has 1 N–H and O–H groups in total. The van der Waals surface area contributed by atoms with Crippen molar-refractivity contribution in [1.29, 1.82) is 0 Å². The van der Waals surface area contributed by atoms with E-state index in [1.54, 1.807) is 0 Å². The second kappa shape index (κ2) is 23.1. The first-order chi connectivity index (χ1) is 5.65. The van der Waals surface area contributed by atoms with E-state index < -0.39 is 5.97 Å². The minimum Gasteiger partial charge on any atom is -0.481 e. The third-order valence-corrected chi connectivity index (χ3v) is 6.75. The summed E-state index contributed by atoms with van der Waals surface area (Å²) in [7, 11) is 5.63. The predicted octanol–water partition coefficient (Wildman–Crippen LogP) is 1.29. The Labute approximate surface area is 108 Å². The van der Waals surface area contributed by atoms with Gasteiger partial charge in [0, 0.05) is 64.8 Å².